The van der Waals surface area contributed by atoms with E-state index in [9.17, 15) is 4.79 Å². The van der Waals surface area contributed by atoms with Crippen LogP contribution in [0.1, 0.15) is 23.1 Å². The zero-order chi connectivity index (χ0) is 26.2. The third-order valence-corrected chi connectivity index (χ3v) is 7.19. The number of morpholine rings is 1. The van der Waals surface area contributed by atoms with E-state index in [0.29, 0.717) is 47.3 Å². The molecule has 9 nitrogen and oxygen atoms in total. The van der Waals surface area contributed by atoms with Gasteiger partial charge in [-0.2, -0.15) is 4.99 Å². The topological polar surface area (TPSA) is 125 Å². The van der Waals surface area contributed by atoms with Crippen molar-refractivity contribution in [3.63, 3.8) is 0 Å². The number of hydrogen-bond acceptors (Lipinski definition) is 7. The first-order chi connectivity index (χ1) is 18.5. The molecule has 2 fully saturated rings. The number of anilines is 2. The van der Waals surface area contributed by atoms with Crippen LogP contribution in [0.3, 0.4) is 0 Å². The number of amides is 1. The molecule has 0 spiro atoms. The molecular weight excluding hydrogens is 504 g/mol. The van der Waals surface area contributed by atoms with Crippen molar-refractivity contribution >= 4 is 46.5 Å². The number of nitrogens with one attached hydrogen (secondary N) is 2. The Morgan fingerprint density at radius 1 is 1.11 bits per heavy atom. The molecule has 0 aromatic heterocycles. The molecule has 3 aliphatic rings. The Morgan fingerprint density at radius 3 is 2.58 bits per heavy atom. The third kappa shape index (κ3) is 4.51. The number of carbonyl (C=O) groups is 1. The van der Waals surface area contributed by atoms with Gasteiger partial charge in [-0.1, -0.05) is 60.1 Å². The maximum atomic E-state index is 13.0. The van der Waals surface area contributed by atoms with Crippen molar-refractivity contribution in [3.05, 3.63) is 94.5 Å². The number of carbonyl (C=O) groups excluding carboxylic acids is 1. The van der Waals surface area contributed by atoms with Gasteiger partial charge in [0.15, 0.2) is 0 Å². The van der Waals surface area contributed by atoms with Gasteiger partial charge in [0.25, 0.3) is 11.9 Å². The third-order valence-electron chi connectivity index (χ3n) is 6.88. The van der Waals surface area contributed by atoms with Gasteiger partial charge >= 0.3 is 0 Å². The van der Waals surface area contributed by atoms with Gasteiger partial charge in [-0.15, -0.1) is 0 Å². The largest absolute Gasteiger partial charge is 0.407 e. The summed E-state index contributed by atoms with van der Waals surface area (Å²) >= 11 is 6.52. The molecule has 2 saturated heterocycles. The summed E-state index contributed by atoms with van der Waals surface area (Å²) in [5.41, 5.74) is 10.2. The summed E-state index contributed by atoms with van der Waals surface area (Å²) in [6.07, 6.45) is -0.101. The van der Waals surface area contributed by atoms with Crippen LogP contribution >= 0.6 is 11.6 Å². The molecule has 4 N–H and O–H groups in total. The molecule has 3 unspecified atom stereocenters. The number of fused-ring (bicyclic) bond motifs is 3. The number of amidine groups is 1. The second kappa shape index (κ2) is 9.92. The van der Waals surface area contributed by atoms with Gasteiger partial charge in [-0.3, -0.25) is 10.2 Å². The number of nitrogens with zero attached hydrogens (tertiary/aromatic N) is 3. The van der Waals surface area contributed by atoms with Crippen molar-refractivity contribution < 1.29 is 14.3 Å². The molecule has 3 heterocycles. The fourth-order valence-corrected chi connectivity index (χ4v) is 5.34. The molecule has 3 aromatic carbocycles. The molecule has 3 atom stereocenters. The summed E-state index contributed by atoms with van der Waals surface area (Å²) < 4.78 is 11.0. The maximum absolute atomic E-state index is 13.0. The van der Waals surface area contributed by atoms with E-state index in [0.717, 1.165) is 23.2 Å². The number of aliphatic imine (C=N–C) groups is 2. The number of benzodiazepines with no additional fused rings is 1. The lowest BCUT2D eigenvalue weighted by molar-refractivity contribution is -0.117. The average molecular weight is 529 g/mol. The zero-order valence-electron chi connectivity index (χ0n) is 20.3. The van der Waals surface area contributed by atoms with Crippen molar-refractivity contribution in [2.45, 2.75) is 24.7 Å². The molecule has 6 rings (SSSR count). The Balaban J connectivity index is 1.23. The lowest BCUT2D eigenvalue weighted by atomic mass is 9.90. The van der Waals surface area contributed by atoms with Gasteiger partial charge in [-0.05, 0) is 30.7 Å². The van der Waals surface area contributed by atoms with Crippen molar-refractivity contribution in [2.24, 2.45) is 15.7 Å². The fourth-order valence-electron chi connectivity index (χ4n) is 5.07. The van der Waals surface area contributed by atoms with Gasteiger partial charge in [-0.25, -0.2) is 4.99 Å². The predicted octanol–water partition coefficient (Wildman–Crippen LogP) is 3.79. The summed E-state index contributed by atoms with van der Waals surface area (Å²) in [4.78, 5) is 24.1. The van der Waals surface area contributed by atoms with Crippen molar-refractivity contribution in [2.75, 3.05) is 23.4 Å². The van der Waals surface area contributed by atoms with E-state index < -0.39 is 12.1 Å². The summed E-state index contributed by atoms with van der Waals surface area (Å²) in [6, 6.07) is 22.7. The average Bonchev–Trinajstić information content (AvgIpc) is 3.05. The summed E-state index contributed by atoms with van der Waals surface area (Å²) in [5, 5.41) is 11.6. The second-order valence-electron chi connectivity index (χ2n) is 9.30. The number of hydrogen-bond donors (Lipinski definition) is 3. The van der Waals surface area contributed by atoms with Gasteiger partial charge in [0.05, 0.1) is 47.3 Å². The Morgan fingerprint density at radius 2 is 1.84 bits per heavy atom. The molecule has 192 valence electrons. The first kappa shape index (κ1) is 24.1. The zero-order valence-corrected chi connectivity index (χ0v) is 21.1. The summed E-state index contributed by atoms with van der Waals surface area (Å²) in [7, 11) is 0. The normalized spacial score (nSPS) is 22.4. The molecule has 3 aromatic rings. The standard InChI is InChI=1S/C28H25ClN6O3/c29-22-13-17(35-18-12-19(35)15-37-14-18)10-11-20(22)25(30)38-28(31)34-26-27(36)32-23-9-5-4-8-21(23)24(33-26)16-6-2-1-3-7-16/h1-11,13,18-19,26,30H,12,14-15H2,(H2,31,34)(H,32,36). The Labute approximate surface area is 224 Å². The van der Waals surface area contributed by atoms with Gasteiger partial charge < -0.3 is 25.4 Å². The predicted molar refractivity (Wildman–Crippen MR) is 147 cm³/mol. The highest BCUT2D eigenvalue weighted by molar-refractivity contribution is 6.34. The summed E-state index contributed by atoms with van der Waals surface area (Å²) in [5.74, 6) is -0.743. The molecule has 1 amide bonds. The van der Waals surface area contributed by atoms with Crippen LogP contribution < -0.4 is 16.0 Å². The Bertz CT molecular complexity index is 1460. The van der Waals surface area contributed by atoms with Gasteiger partial charge in [0.1, 0.15) is 0 Å². The van der Waals surface area contributed by atoms with E-state index in [1.807, 2.05) is 60.7 Å². The second-order valence-corrected chi connectivity index (χ2v) is 9.71. The highest BCUT2D eigenvalue weighted by Gasteiger charge is 2.42. The van der Waals surface area contributed by atoms with Crippen LogP contribution in [-0.4, -0.2) is 55.0 Å². The quantitative estimate of drug-likeness (QED) is 0.351. The molecule has 38 heavy (non-hydrogen) atoms. The molecule has 0 aliphatic carbocycles. The van der Waals surface area contributed by atoms with E-state index >= 15 is 0 Å². The van der Waals surface area contributed by atoms with Crippen LogP contribution in [0.5, 0.6) is 0 Å². The molecule has 2 bridgehead atoms. The van der Waals surface area contributed by atoms with Crippen LogP contribution in [0.25, 0.3) is 0 Å². The van der Waals surface area contributed by atoms with Crippen LogP contribution in [0.4, 0.5) is 11.4 Å². The smallest absolute Gasteiger partial charge is 0.291 e. The van der Waals surface area contributed by atoms with Crippen LogP contribution in [0.2, 0.25) is 5.02 Å². The van der Waals surface area contributed by atoms with E-state index in [1.54, 1.807) is 12.1 Å². The molecule has 0 radical (unpaired) electrons. The highest BCUT2D eigenvalue weighted by atomic mass is 35.5. The van der Waals surface area contributed by atoms with E-state index in [-0.39, 0.29) is 11.9 Å². The van der Waals surface area contributed by atoms with Crippen LogP contribution in [0.15, 0.2) is 82.8 Å². The van der Waals surface area contributed by atoms with Crippen LogP contribution in [-0.2, 0) is 14.3 Å². The minimum Gasteiger partial charge on any atom is -0.407 e. The number of ether oxygens (including phenoxy) is 2. The van der Waals surface area contributed by atoms with Gasteiger partial charge in [0, 0.05) is 16.8 Å². The Kier molecular flexibility index (Phi) is 6.30. The van der Waals surface area contributed by atoms with Crippen LogP contribution in [0, 0.1) is 5.41 Å². The maximum Gasteiger partial charge on any atom is 0.291 e. The molecule has 3 aliphatic heterocycles. The van der Waals surface area contributed by atoms with E-state index in [2.05, 4.69) is 20.2 Å². The monoisotopic (exact) mass is 528 g/mol. The number of para-hydroxylation sites is 1. The minimum atomic E-state index is -1.21. The lowest BCUT2D eigenvalue weighted by Gasteiger charge is -2.53. The number of nitrogens with two attached hydrogens (primary N) is 1. The minimum absolute atomic E-state index is 0.278. The van der Waals surface area contributed by atoms with E-state index in [4.69, 9.17) is 32.2 Å². The lowest BCUT2D eigenvalue weighted by Crippen LogP contribution is -2.64. The molecule has 10 heteroatoms. The van der Waals surface area contributed by atoms with E-state index in [1.165, 1.54) is 0 Å². The Hall–Kier alpha value is -4.21. The first-order valence-electron chi connectivity index (χ1n) is 12.3. The SMILES string of the molecule is N=C(OC(N)=NC1N=C(c2ccccc2)c2ccccc2NC1=O)c1ccc(N2C3COCC2C3)cc1Cl. The number of halogens is 1. The fraction of sp³-hybridized carbons (Fsp3) is 0.214. The van der Waals surface area contributed by atoms with Crippen molar-refractivity contribution in [3.8, 4) is 0 Å². The van der Waals surface area contributed by atoms with Crippen molar-refractivity contribution in [1.29, 1.82) is 5.41 Å². The number of benzene rings is 3. The first-order valence-corrected chi connectivity index (χ1v) is 12.6. The molecule has 0 saturated carbocycles. The highest BCUT2D eigenvalue weighted by Crippen LogP contribution is 2.37. The summed E-state index contributed by atoms with van der Waals surface area (Å²) in [6.45, 7) is 1.41. The number of rotatable bonds is 4. The van der Waals surface area contributed by atoms with Crippen molar-refractivity contribution in [1.82, 2.24) is 0 Å². The van der Waals surface area contributed by atoms with Gasteiger partial charge in [0.2, 0.25) is 12.1 Å². The molecular formula is C28H25ClN6O3.